The second-order valence-corrected chi connectivity index (χ2v) is 6.48. The molecule has 2 rings (SSSR count). The largest absolute Gasteiger partial charge is 0.393 e. The molecule has 0 aliphatic carbocycles. The van der Waals surface area contributed by atoms with Gasteiger partial charge in [-0.05, 0) is 43.0 Å². The van der Waals surface area contributed by atoms with Crippen LogP contribution < -0.4 is 5.32 Å². The lowest BCUT2D eigenvalue weighted by Gasteiger charge is -2.26. The van der Waals surface area contributed by atoms with Gasteiger partial charge in [-0.15, -0.1) is 0 Å². The molecule has 0 aliphatic rings. The average Bonchev–Trinajstić information content (AvgIpc) is 2.94. The van der Waals surface area contributed by atoms with Crippen LogP contribution in [0.15, 0.2) is 34.9 Å². The van der Waals surface area contributed by atoms with Crippen LogP contribution in [0.3, 0.4) is 0 Å². The number of carbonyl (C=O) groups is 1. The SMILES string of the molecule is CC(O)CC(C)(C)CNC(=O)c1cc(-c2ccc(F)cc2)on1. The molecule has 124 valence electrons. The van der Waals surface area contributed by atoms with Crippen LogP contribution in [0.5, 0.6) is 0 Å². The van der Waals surface area contributed by atoms with Gasteiger partial charge in [-0.2, -0.15) is 0 Å². The summed E-state index contributed by atoms with van der Waals surface area (Å²) in [5.41, 5.74) is 0.581. The molecule has 1 amide bonds. The Balaban J connectivity index is 2.00. The molecule has 5 nitrogen and oxygen atoms in total. The first-order valence-corrected chi connectivity index (χ1v) is 7.46. The van der Waals surface area contributed by atoms with Crippen molar-refractivity contribution in [3.63, 3.8) is 0 Å². The van der Waals surface area contributed by atoms with Gasteiger partial charge in [-0.25, -0.2) is 4.39 Å². The first-order valence-electron chi connectivity index (χ1n) is 7.46. The maximum Gasteiger partial charge on any atom is 0.273 e. The third-order valence-electron chi connectivity index (χ3n) is 3.45. The highest BCUT2D eigenvalue weighted by molar-refractivity contribution is 5.93. The lowest BCUT2D eigenvalue weighted by atomic mass is 9.87. The normalized spacial score (nSPS) is 12.9. The lowest BCUT2D eigenvalue weighted by molar-refractivity contribution is 0.0893. The number of aliphatic hydroxyl groups is 1. The van der Waals surface area contributed by atoms with E-state index in [0.29, 0.717) is 24.3 Å². The van der Waals surface area contributed by atoms with Gasteiger partial charge in [0.1, 0.15) is 5.82 Å². The summed E-state index contributed by atoms with van der Waals surface area (Å²) in [6.45, 7) is 6.06. The number of benzene rings is 1. The molecule has 23 heavy (non-hydrogen) atoms. The summed E-state index contributed by atoms with van der Waals surface area (Å²) in [6.07, 6.45) is 0.145. The number of halogens is 1. The van der Waals surface area contributed by atoms with Gasteiger partial charge >= 0.3 is 0 Å². The number of carbonyl (C=O) groups excluding carboxylic acids is 1. The molecule has 1 heterocycles. The minimum absolute atomic E-state index is 0.164. The molecule has 0 fully saturated rings. The maximum absolute atomic E-state index is 12.9. The molecule has 1 aromatic carbocycles. The van der Waals surface area contributed by atoms with Crippen LogP contribution in [0.2, 0.25) is 0 Å². The Morgan fingerprint density at radius 3 is 2.65 bits per heavy atom. The summed E-state index contributed by atoms with van der Waals surface area (Å²) >= 11 is 0. The van der Waals surface area contributed by atoms with E-state index < -0.39 is 6.10 Å². The molecular formula is C17H21FN2O3. The zero-order valence-electron chi connectivity index (χ0n) is 13.5. The molecule has 6 heteroatoms. The number of aliphatic hydroxyl groups excluding tert-OH is 1. The van der Waals surface area contributed by atoms with Crippen molar-refractivity contribution < 1.29 is 18.8 Å². The number of hydrogen-bond acceptors (Lipinski definition) is 4. The summed E-state index contributed by atoms with van der Waals surface area (Å²) < 4.78 is 18.0. The molecule has 1 atom stereocenters. The first-order chi connectivity index (χ1) is 10.8. The second-order valence-electron chi connectivity index (χ2n) is 6.48. The summed E-state index contributed by atoms with van der Waals surface area (Å²) in [5, 5.41) is 16.0. The zero-order valence-corrected chi connectivity index (χ0v) is 13.5. The van der Waals surface area contributed by atoms with Crippen molar-refractivity contribution in [1.29, 1.82) is 0 Å². The molecule has 0 saturated carbocycles. The van der Waals surface area contributed by atoms with Crippen LogP contribution in [-0.4, -0.2) is 28.8 Å². The van der Waals surface area contributed by atoms with E-state index in [1.165, 1.54) is 18.2 Å². The van der Waals surface area contributed by atoms with Crippen LogP contribution in [0, 0.1) is 11.2 Å². The Morgan fingerprint density at radius 2 is 2.04 bits per heavy atom. The van der Waals surface area contributed by atoms with Gasteiger partial charge in [0.05, 0.1) is 6.10 Å². The molecule has 1 aromatic heterocycles. The highest BCUT2D eigenvalue weighted by Crippen LogP contribution is 2.22. The number of hydrogen-bond donors (Lipinski definition) is 2. The monoisotopic (exact) mass is 320 g/mol. The lowest BCUT2D eigenvalue weighted by Crippen LogP contribution is -2.35. The van der Waals surface area contributed by atoms with Crippen molar-refractivity contribution in [2.45, 2.75) is 33.3 Å². The van der Waals surface area contributed by atoms with Gasteiger partial charge in [0.15, 0.2) is 11.5 Å². The fourth-order valence-electron chi connectivity index (χ4n) is 2.41. The van der Waals surface area contributed by atoms with Gasteiger partial charge in [0.25, 0.3) is 5.91 Å². The minimum atomic E-state index is -0.431. The van der Waals surface area contributed by atoms with Gasteiger partial charge in [-0.1, -0.05) is 19.0 Å². The summed E-state index contributed by atoms with van der Waals surface area (Å²) in [7, 11) is 0. The van der Waals surface area contributed by atoms with Crippen molar-refractivity contribution in [3.05, 3.63) is 41.8 Å². The topological polar surface area (TPSA) is 75.4 Å². The number of nitrogens with one attached hydrogen (secondary N) is 1. The summed E-state index contributed by atoms with van der Waals surface area (Å²) in [4.78, 5) is 12.1. The Kier molecular flexibility index (Phi) is 5.15. The second kappa shape index (κ2) is 6.91. The van der Waals surface area contributed by atoms with Crippen LogP contribution in [0.1, 0.15) is 37.7 Å². The van der Waals surface area contributed by atoms with Crippen molar-refractivity contribution in [2.75, 3.05) is 6.54 Å². The van der Waals surface area contributed by atoms with Crippen LogP contribution >= 0.6 is 0 Å². The number of rotatable bonds is 6. The van der Waals surface area contributed by atoms with Gasteiger partial charge in [-0.3, -0.25) is 4.79 Å². The molecule has 1 unspecified atom stereocenters. The first kappa shape index (κ1) is 17.1. The molecular weight excluding hydrogens is 299 g/mol. The van der Waals surface area contributed by atoms with E-state index in [4.69, 9.17) is 4.52 Å². The Hall–Kier alpha value is -2.21. The van der Waals surface area contributed by atoms with E-state index in [2.05, 4.69) is 10.5 Å². The predicted molar refractivity (Wildman–Crippen MR) is 84.3 cm³/mol. The predicted octanol–water partition coefficient (Wildman–Crippen LogP) is 3.01. The maximum atomic E-state index is 12.9. The Labute approximate surface area is 134 Å². The Bertz CT molecular complexity index is 663. The van der Waals surface area contributed by atoms with Crippen molar-refractivity contribution in [1.82, 2.24) is 10.5 Å². The van der Waals surface area contributed by atoms with E-state index in [1.807, 2.05) is 13.8 Å². The molecule has 0 spiro atoms. The fraction of sp³-hybridized carbons (Fsp3) is 0.412. The summed E-state index contributed by atoms with van der Waals surface area (Å²) in [6, 6.07) is 7.27. The van der Waals surface area contributed by atoms with E-state index in [0.717, 1.165) is 0 Å². The van der Waals surface area contributed by atoms with Crippen LogP contribution in [0.25, 0.3) is 11.3 Å². The quantitative estimate of drug-likeness (QED) is 0.858. The van der Waals surface area contributed by atoms with Crippen molar-refractivity contribution >= 4 is 5.91 Å². The van der Waals surface area contributed by atoms with Gasteiger partial charge in [0.2, 0.25) is 0 Å². The van der Waals surface area contributed by atoms with E-state index in [9.17, 15) is 14.3 Å². The van der Waals surface area contributed by atoms with E-state index in [1.54, 1.807) is 19.1 Å². The van der Waals surface area contributed by atoms with Crippen molar-refractivity contribution in [2.24, 2.45) is 5.41 Å². The van der Waals surface area contributed by atoms with Crippen LogP contribution in [-0.2, 0) is 0 Å². The number of amides is 1. The standard InChI is InChI=1S/C17H21FN2O3/c1-11(21)9-17(2,3)10-19-16(22)14-8-15(23-20-14)12-4-6-13(18)7-5-12/h4-8,11,21H,9-10H2,1-3H3,(H,19,22). The third kappa shape index (κ3) is 4.89. The molecule has 0 aliphatic heterocycles. The van der Waals surface area contributed by atoms with Crippen LogP contribution in [0.4, 0.5) is 4.39 Å². The zero-order chi connectivity index (χ0) is 17.0. The van der Waals surface area contributed by atoms with Crippen molar-refractivity contribution in [3.8, 4) is 11.3 Å². The minimum Gasteiger partial charge on any atom is -0.393 e. The smallest absolute Gasteiger partial charge is 0.273 e. The molecule has 0 bridgehead atoms. The summed E-state index contributed by atoms with van der Waals surface area (Å²) in [5.74, 6) is -0.286. The highest BCUT2D eigenvalue weighted by Gasteiger charge is 2.22. The number of aromatic nitrogens is 1. The molecule has 0 saturated heterocycles. The van der Waals surface area contributed by atoms with E-state index in [-0.39, 0.29) is 22.8 Å². The average molecular weight is 320 g/mol. The van der Waals surface area contributed by atoms with Gasteiger partial charge in [0, 0.05) is 18.2 Å². The molecule has 0 radical (unpaired) electrons. The Morgan fingerprint density at radius 1 is 1.39 bits per heavy atom. The highest BCUT2D eigenvalue weighted by atomic mass is 19.1. The van der Waals surface area contributed by atoms with E-state index >= 15 is 0 Å². The third-order valence-corrected chi connectivity index (χ3v) is 3.45. The molecule has 2 N–H and O–H groups in total. The van der Waals surface area contributed by atoms with Gasteiger partial charge < -0.3 is 14.9 Å². The number of nitrogens with zero attached hydrogens (tertiary/aromatic N) is 1. The fourth-order valence-corrected chi connectivity index (χ4v) is 2.41. The molecule has 2 aromatic rings.